The van der Waals surface area contributed by atoms with Crippen LogP contribution in [0.15, 0.2) is 115 Å². The molecule has 1 aromatic heterocycles. The van der Waals surface area contributed by atoms with E-state index in [1.165, 1.54) is 19.2 Å². The van der Waals surface area contributed by atoms with Crippen LogP contribution >= 0.6 is 7.37 Å². The molecule has 0 spiro atoms. The highest BCUT2D eigenvalue weighted by molar-refractivity contribution is 7.62. The molecule has 0 aliphatic carbocycles. The van der Waals surface area contributed by atoms with Gasteiger partial charge in [-0.2, -0.15) is 0 Å². The smallest absolute Gasteiger partial charge is 0.305 e. The minimum atomic E-state index is -3.66. The number of carbonyl (C=O) groups is 1. The number of hydrogen-bond acceptors (Lipinski definition) is 5. The van der Waals surface area contributed by atoms with Crippen molar-refractivity contribution in [3.63, 3.8) is 0 Å². The fourth-order valence-electron chi connectivity index (χ4n) is 6.73. The number of fused-ring (bicyclic) bond motifs is 1. The third-order valence-corrected chi connectivity index (χ3v) is 16.3. The van der Waals surface area contributed by atoms with Crippen LogP contribution in [0, 0.1) is 5.82 Å². The van der Waals surface area contributed by atoms with Crippen LogP contribution in [-0.4, -0.2) is 43.8 Å². The van der Waals surface area contributed by atoms with Crippen molar-refractivity contribution in [3.8, 4) is 11.1 Å². The van der Waals surface area contributed by atoms with Gasteiger partial charge in [0.15, 0.2) is 0 Å². The van der Waals surface area contributed by atoms with E-state index >= 15 is 0 Å². The lowest BCUT2D eigenvalue weighted by molar-refractivity contribution is -0.138. The summed E-state index contributed by atoms with van der Waals surface area (Å²) in [5.74, 6) is 0.154. The number of rotatable bonds is 13. The lowest BCUT2D eigenvalue weighted by atomic mass is 9.91. The molecule has 5 rings (SSSR count). The zero-order chi connectivity index (χ0) is 36.1. The predicted molar refractivity (Wildman–Crippen MR) is 204 cm³/mol. The number of carboxylic acids is 1. The molecule has 0 bridgehead atoms. The number of carboxylic acid groups (broad SMARTS) is 1. The standard InChI is InChI=1S/C41H45FNO5PSi/c1-29(2)40-36(39(30-21-23-31(42)24-22-30)35-19-13-14-20-37(35)43-40)25-26-49(46,47-6)28-32(27-38(44)45)48-50(41(3,4)5,33-15-9-7-10-16-33)34-17-11-8-12-18-34/h7-26,29,32H,27-28H2,1-6H3,(H,44,45)/t32-,49?/m0/s1. The first-order chi connectivity index (χ1) is 23.8. The summed E-state index contributed by atoms with van der Waals surface area (Å²) in [5, 5.41) is 12.6. The van der Waals surface area contributed by atoms with Gasteiger partial charge in [-0.25, -0.2) is 4.39 Å². The molecule has 0 fully saturated rings. The Morgan fingerprint density at radius 3 is 1.98 bits per heavy atom. The minimum absolute atomic E-state index is 0.00127. The molecule has 260 valence electrons. The first-order valence-corrected chi connectivity index (χ1v) is 20.6. The Hall–Kier alpha value is -4.20. The van der Waals surface area contributed by atoms with Crippen LogP contribution in [0.1, 0.15) is 58.2 Å². The van der Waals surface area contributed by atoms with E-state index in [9.17, 15) is 18.9 Å². The fraction of sp³-hybridized carbons (Fsp3) is 0.268. The molecule has 50 heavy (non-hydrogen) atoms. The lowest BCUT2D eigenvalue weighted by Crippen LogP contribution is -2.68. The van der Waals surface area contributed by atoms with Gasteiger partial charge >= 0.3 is 5.97 Å². The summed E-state index contributed by atoms with van der Waals surface area (Å²) in [7, 11) is -5.48. The number of halogens is 1. The van der Waals surface area contributed by atoms with Crippen LogP contribution in [0.2, 0.25) is 5.04 Å². The first-order valence-electron chi connectivity index (χ1n) is 16.8. The Balaban J connectivity index is 1.64. The second-order valence-electron chi connectivity index (χ2n) is 13.9. The zero-order valence-corrected chi connectivity index (χ0v) is 31.4. The molecule has 1 heterocycles. The van der Waals surface area contributed by atoms with Crippen LogP contribution in [-0.2, 0) is 18.3 Å². The quantitative estimate of drug-likeness (QED) is 0.0969. The fourth-order valence-corrected chi connectivity index (χ4v) is 13.1. The van der Waals surface area contributed by atoms with Crippen molar-refractivity contribution in [1.82, 2.24) is 4.98 Å². The third kappa shape index (κ3) is 7.90. The van der Waals surface area contributed by atoms with E-state index in [1.54, 1.807) is 24.0 Å². The number of aliphatic carboxylic acids is 1. The Labute approximate surface area is 295 Å². The third-order valence-electron chi connectivity index (χ3n) is 9.04. The Morgan fingerprint density at radius 2 is 1.46 bits per heavy atom. The number of benzene rings is 4. The summed E-state index contributed by atoms with van der Waals surface area (Å²) in [4.78, 5) is 17.4. The maximum atomic E-state index is 14.8. The second kappa shape index (κ2) is 15.4. The Kier molecular flexibility index (Phi) is 11.4. The van der Waals surface area contributed by atoms with Crippen LogP contribution in [0.4, 0.5) is 4.39 Å². The van der Waals surface area contributed by atoms with Gasteiger partial charge in [-0.3, -0.25) is 14.3 Å². The molecular weight excluding hydrogens is 665 g/mol. The lowest BCUT2D eigenvalue weighted by Gasteiger charge is -2.45. The average Bonchev–Trinajstić information content (AvgIpc) is 3.09. The van der Waals surface area contributed by atoms with Crippen LogP contribution < -0.4 is 10.4 Å². The molecule has 5 aromatic rings. The highest BCUT2D eigenvalue weighted by Crippen LogP contribution is 2.51. The van der Waals surface area contributed by atoms with Crippen molar-refractivity contribution < 1.29 is 27.8 Å². The van der Waals surface area contributed by atoms with Crippen LogP contribution in [0.3, 0.4) is 0 Å². The summed E-state index contributed by atoms with van der Waals surface area (Å²) < 4.78 is 41.8. The Bertz CT molecular complexity index is 1970. The topological polar surface area (TPSA) is 85.7 Å². The molecule has 1 N–H and O–H groups in total. The van der Waals surface area contributed by atoms with Crippen LogP contribution in [0.25, 0.3) is 28.1 Å². The Morgan fingerprint density at radius 1 is 0.900 bits per heavy atom. The van der Waals surface area contributed by atoms with Crippen LogP contribution in [0.5, 0.6) is 0 Å². The summed E-state index contributed by atoms with van der Waals surface area (Å²) in [5.41, 5.74) is 3.95. The molecule has 0 aliphatic heterocycles. The van der Waals surface area contributed by atoms with E-state index in [-0.39, 0.29) is 24.3 Å². The molecule has 0 saturated heterocycles. The average molecular weight is 710 g/mol. The molecule has 0 saturated carbocycles. The summed E-state index contributed by atoms with van der Waals surface area (Å²) in [6, 6.07) is 34.0. The maximum absolute atomic E-state index is 14.8. The molecular formula is C41H45FNO5PSi. The molecule has 1 unspecified atom stereocenters. The largest absolute Gasteiger partial charge is 0.481 e. The molecule has 0 radical (unpaired) electrons. The monoisotopic (exact) mass is 709 g/mol. The van der Waals surface area contributed by atoms with Crippen molar-refractivity contribution in [2.45, 2.75) is 58.1 Å². The van der Waals surface area contributed by atoms with E-state index < -0.39 is 32.8 Å². The highest BCUT2D eigenvalue weighted by Gasteiger charge is 2.52. The van der Waals surface area contributed by atoms with E-state index in [4.69, 9.17) is 13.9 Å². The molecule has 4 aromatic carbocycles. The minimum Gasteiger partial charge on any atom is -0.481 e. The van der Waals surface area contributed by atoms with Crippen molar-refractivity contribution in [3.05, 3.63) is 132 Å². The summed E-state index contributed by atoms with van der Waals surface area (Å²) in [6.07, 6.45) is 0.325. The number of pyridine rings is 1. The summed E-state index contributed by atoms with van der Waals surface area (Å²) >= 11 is 0. The first kappa shape index (κ1) is 37.1. The van der Waals surface area contributed by atoms with Crippen molar-refractivity contribution in [2.24, 2.45) is 0 Å². The van der Waals surface area contributed by atoms with Gasteiger partial charge in [-0.1, -0.05) is 126 Å². The zero-order valence-electron chi connectivity index (χ0n) is 29.5. The van der Waals surface area contributed by atoms with Gasteiger partial charge < -0.3 is 14.1 Å². The molecule has 2 atom stereocenters. The molecule has 6 nitrogen and oxygen atoms in total. The van der Waals surface area contributed by atoms with Crippen molar-refractivity contribution >= 4 is 49.0 Å². The van der Waals surface area contributed by atoms with Gasteiger partial charge in [-0.05, 0) is 51.2 Å². The second-order valence-corrected chi connectivity index (χ2v) is 20.6. The number of nitrogens with zero attached hydrogens (tertiary/aromatic N) is 1. The normalized spacial score (nSPS) is 14.2. The molecule has 0 aliphatic rings. The van der Waals surface area contributed by atoms with Gasteiger partial charge in [0, 0.05) is 29.4 Å². The van der Waals surface area contributed by atoms with Crippen molar-refractivity contribution in [2.75, 3.05) is 13.3 Å². The summed E-state index contributed by atoms with van der Waals surface area (Å²) in [6.45, 7) is 10.4. The number of para-hydroxylation sites is 1. The molecule has 9 heteroatoms. The van der Waals surface area contributed by atoms with Gasteiger partial charge in [-0.15, -0.1) is 0 Å². The highest BCUT2D eigenvalue weighted by atomic mass is 31.2. The number of hydrogen-bond donors (Lipinski definition) is 1. The molecule has 0 amide bonds. The maximum Gasteiger partial charge on any atom is 0.305 e. The number of aromatic nitrogens is 1. The van der Waals surface area contributed by atoms with Gasteiger partial charge in [0.05, 0.1) is 29.9 Å². The van der Waals surface area contributed by atoms with E-state index in [2.05, 4.69) is 20.8 Å². The van der Waals surface area contributed by atoms with E-state index in [0.717, 1.165) is 43.7 Å². The SMILES string of the molecule is COP(=O)(C=Cc1c(C(C)C)nc2ccccc2c1-c1ccc(F)cc1)C[C@H](CC(=O)O)O[Si](c1ccccc1)(c1ccccc1)C(C)(C)C. The predicted octanol–water partition coefficient (Wildman–Crippen LogP) is 9.48. The van der Waals surface area contributed by atoms with Gasteiger partial charge in [0.25, 0.3) is 8.32 Å². The van der Waals surface area contributed by atoms with E-state index in [0.29, 0.717) is 0 Å². The van der Waals surface area contributed by atoms with E-state index in [1.807, 2.05) is 98.8 Å². The van der Waals surface area contributed by atoms with Gasteiger partial charge in [0.2, 0.25) is 7.37 Å². The van der Waals surface area contributed by atoms with Crippen molar-refractivity contribution in [1.29, 1.82) is 0 Å². The van der Waals surface area contributed by atoms with Gasteiger partial charge in [0.1, 0.15) is 5.82 Å².